The highest BCUT2D eigenvalue weighted by Gasteiger charge is 2.35. The Balaban J connectivity index is 1.63. The summed E-state index contributed by atoms with van der Waals surface area (Å²) in [6.45, 7) is 4.36. The monoisotopic (exact) mass is 403 g/mol. The molecule has 0 spiro atoms. The van der Waals surface area contributed by atoms with Gasteiger partial charge in [0.2, 0.25) is 11.8 Å². The van der Waals surface area contributed by atoms with Gasteiger partial charge in [-0.2, -0.15) is 5.10 Å². The third-order valence-electron chi connectivity index (χ3n) is 4.64. The van der Waals surface area contributed by atoms with Crippen molar-refractivity contribution in [2.75, 3.05) is 11.4 Å². The molecule has 0 aromatic heterocycles. The Kier molecular flexibility index (Phi) is 5.82. The summed E-state index contributed by atoms with van der Waals surface area (Å²) >= 11 is 11.9. The van der Waals surface area contributed by atoms with Gasteiger partial charge in [0.25, 0.3) is 0 Å². The standard InChI is InChI=1S/C20H19Cl2N3O2/c1-12-3-6-17(7-13(12)2)25-11-15(8-19(25)26)20(27)24-23-10-14-4-5-16(21)9-18(14)22/h3-7,9-10,15H,8,11H2,1-2H3,(H,24,27)/b23-10-/t15-/m0/s1. The Morgan fingerprint density at radius 2 is 1.96 bits per heavy atom. The number of benzene rings is 2. The molecule has 2 amide bonds. The lowest BCUT2D eigenvalue weighted by Gasteiger charge is -2.17. The van der Waals surface area contributed by atoms with E-state index in [4.69, 9.17) is 23.2 Å². The van der Waals surface area contributed by atoms with Gasteiger partial charge in [0.1, 0.15) is 0 Å². The molecule has 0 unspecified atom stereocenters. The number of halogens is 2. The lowest BCUT2D eigenvalue weighted by Crippen LogP contribution is -2.30. The summed E-state index contributed by atoms with van der Waals surface area (Å²) in [6.07, 6.45) is 1.62. The Morgan fingerprint density at radius 1 is 1.19 bits per heavy atom. The molecule has 3 rings (SSSR count). The maximum Gasteiger partial charge on any atom is 0.245 e. The van der Waals surface area contributed by atoms with Crippen LogP contribution in [0.2, 0.25) is 10.0 Å². The number of nitrogens with zero attached hydrogens (tertiary/aromatic N) is 2. The van der Waals surface area contributed by atoms with E-state index in [1.165, 1.54) is 6.21 Å². The predicted molar refractivity (Wildman–Crippen MR) is 109 cm³/mol. The molecule has 0 aliphatic carbocycles. The number of carbonyl (C=O) groups excluding carboxylic acids is 2. The fraction of sp³-hybridized carbons (Fsp3) is 0.250. The summed E-state index contributed by atoms with van der Waals surface area (Å²) in [7, 11) is 0. The average molecular weight is 404 g/mol. The van der Waals surface area contributed by atoms with Crippen LogP contribution in [0, 0.1) is 19.8 Å². The molecule has 1 N–H and O–H groups in total. The highest BCUT2D eigenvalue weighted by Crippen LogP contribution is 2.27. The van der Waals surface area contributed by atoms with Crippen molar-refractivity contribution in [3.63, 3.8) is 0 Å². The number of hydrazone groups is 1. The minimum absolute atomic E-state index is 0.0665. The van der Waals surface area contributed by atoms with Crippen LogP contribution < -0.4 is 10.3 Å². The van der Waals surface area contributed by atoms with E-state index in [0.717, 1.165) is 16.8 Å². The number of carbonyl (C=O) groups is 2. The van der Waals surface area contributed by atoms with E-state index in [2.05, 4.69) is 10.5 Å². The van der Waals surface area contributed by atoms with Gasteiger partial charge in [-0.3, -0.25) is 9.59 Å². The molecule has 2 aromatic rings. The molecular formula is C20H19Cl2N3O2. The van der Waals surface area contributed by atoms with Crippen molar-refractivity contribution in [1.82, 2.24) is 5.43 Å². The first-order valence-electron chi connectivity index (χ1n) is 8.50. The van der Waals surface area contributed by atoms with E-state index in [0.29, 0.717) is 22.2 Å². The van der Waals surface area contributed by atoms with E-state index in [1.54, 1.807) is 23.1 Å². The largest absolute Gasteiger partial charge is 0.312 e. The summed E-state index contributed by atoms with van der Waals surface area (Å²) in [5, 5.41) is 4.91. The van der Waals surface area contributed by atoms with Crippen LogP contribution in [-0.4, -0.2) is 24.6 Å². The fourth-order valence-electron chi connectivity index (χ4n) is 2.89. The zero-order chi connectivity index (χ0) is 19.6. The first-order valence-corrected chi connectivity index (χ1v) is 9.26. The van der Waals surface area contributed by atoms with Crippen molar-refractivity contribution in [2.24, 2.45) is 11.0 Å². The third-order valence-corrected chi connectivity index (χ3v) is 5.20. The van der Waals surface area contributed by atoms with Gasteiger partial charge in [0.05, 0.1) is 17.2 Å². The van der Waals surface area contributed by atoms with Crippen LogP contribution in [0.5, 0.6) is 0 Å². The molecule has 0 saturated carbocycles. The van der Waals surface area contributed by atoms with Gasteiger partial charge >= 0.3 is 0 Å². The quantitative estimate of drug-likeness (QED) is 0.616. The van der Waals surface area contributed by atoms with Crippen molar-refractivity contribution in [2.45, 2.75) is 20.3 Å². The number of amides is 2. The van der Waals surface area contributed by atoms with Crippen LogP contribution in [0.25, 0.3) is 0 Å². The number of anilines is 1. The molecule has 27 heavy (non-hydrogen) atoms. The molecular weight excluding hydrogens is 385 g/mol. The fourth-order valence-corrected chi connectivity index (χ4v) is 3.35. The maximum atomic E-state index is 12.4. The second kappa shape index (κ2) is 8.11. The zero-order valence-corrected chi connectivity index (χ0v) is 16.5. The minimum atomic E-state index is -0.447. The van der Waals surface area contributed by atoms with Crippen LogP contribution >= 0.6 is 23.2 Å². The van der Waals surface area contributed by atoms with Crippen LogP contribution in [0.4, 0.5) is 5.69 Å². The van der Waals surface area contributed by atoms with Gasteiger partial charge in [-0.1, -0.05) is 35.3 Å². The molecule has 1 heterocycles. The first kappa shape index (κ1) is 19.4. The van der Waals surface area contributed by atoms with Crippen LogP contribution in [0.3, 0.4) is 0 Å². The Morgan fingerprint density at radius 3 is 2.67 bits per heavy atom. The molecule has 5 nitrogen and oxygen atoms in total. The second-order valence-electron chi connectivity index (χ2n) is 6.57. The molecule has 0 bridgehead atoms. The number of rotatable bonds is 4. The van der Waals surface area contributed by atoms with Gasteiger partial charge in [-0.05, 0) is 49.2 Å². The van der Waals surface area contributed by atoms with Crippen molar-refractivity contribution >= 4 is 46.9 Å². The SMILES string of the molecule is Cc1ccc(N2C[C@@H](C(=O)N/N=C\c3ccc(Cl)cc3Cl)CC2=O)cc1C. The third kappa shape index (κ3) is 4.49. The molecule has 140 valence electrons. The number of aryl methyl sites for hydroxylation is 2. The lowest BCUT2D eigenvalue weighted by atomic mass is 10.1. The molecule has 0 radical (unpaired) electrons. The van der Waals surface area contributed by atoms with Crippen LogP contribution in [0.1, 0.15) is 23.1 Å². The molecule has 2 aromatic carbocycles. The average Bonchev–Trinajstić information content (AvgIpc) is 3.01. The van der Waals surface area contributed by atoms with Gasteiger partial charge < -0.3 is 4.90 Å². The minimum Gasteiger partial charge on any atom is -0.312 e. The van der Waals surface area contributed by atoms with Crippen LogP contribution in [-0.2, 0) is 9.59 Å². The zero-order valence-electron chi connectivity index (χ0n) is 15.0. The van der Waals surface area contributed by atoms with Gasteiger partial charge in [0.15, 0.2) is 0 Å². The Bertz CT molecular complexity index is 927. The van der Waals surface area contributed by atoms with E-state index in [-0.39, 0.29) is 18.2 Å². The molecule has 1 aliphatic rings. The predicted octanol–water partition coefficient (Wildman–Crippen LogP) is 4.11. The summed E-state index contributed by atoms with van der Waals surface area (Å²) in [5.74, 6) is -0.809. The number of nitrogens with one attached hydrogen (secondary N) is 1. The number of hydrogen-bond acceptors (Lipinski definition) is 3. The summed E-state index contributed by atoms with van der Waals surface area (Å²) < 4.78 is 0. The highest BCUT2D eigenvalue weighted by molar-refractivity contribution is 6.36. The van der Waals surface area contributed by atoms with E-state index >= 15 is 0 Å². The maximum absolute atomic E-state index is 12.4. The van der Waals surface area contributed by atoms with E-state index < -0.39 is 5.92 Å². The molecule has 1 aliphatic heterocycles. The van der Waals surface area contributed by atoms with Crippen molar-refractivity contribution < 1.29 is 9.59 Å². The Hall–Kier alpha value is -2.37. The van der Waals surface area contributed by atoms with E-state index in [9.17, 15) is 9.59 Å². The normalized spacial score (nSPS) is 17.0. The van der Waals surface area contributed by atoms with Crippen LogP contribution in [0.15, 0.2) is 41.5 Å². The van der Waals surface area contributed by atoms with Gasteiger partial charge in [-0.15, -0.1) is 0 Å². The molecule has 1 fully saturated rings. The van der Waals surface area contributed by atoms with Gasteiger partial charge in [-0.25, -0.2) is 5.43 Å². The topological polar surface area (TPSA) is 61.8 Å². The van der Waals surface area contributed by atoms with Crippen molar-refractivity contribution in [1.29, 1.82) is 0 Å². The lowest BCUT2D eigenvalue weighted by molar-refractivity contribution is -0.126. The Labute approximate surface area is 168 Å². The first-order chi connectivity index (χ1) is 12.8. The summed E-state index contributed by atoms with van der Waals surface area (Å²) in [4.78, 5) is 26.3. The summed E-state index contributed by atoms with van der Waals surface area (Å²) in [5.41, 5.74) is 6.21. The second-order valence-corrected chi connectivity index (χ2v) is 7.42. The van der Waals surface area contributed by atoms with E-state index in [1.807, 2.05) is 32.0 Å². The highest BCUT2D eigenvalue weighted by atomic mass is 35.5. The molecule has 1 saturated heterocycles. The number of hydrogen-bond donors (Lipinski definition) is 1. The van der Waals surface area contributed by atoms with Gasteiger partial charge in [0, 0.05) is 29.2 Å². The molecule has 7 heteroatoms. The van der Waals surface area contributed by atoms with Crippen molar-refractivity contribution in [3.8, 4) is 0 Å². The smallest absolute Gasteiger partial charge is 0.245 e. The summed E-state index contributed by atoms with van der Waals surface area (Å²) in [6, 6.07) is 10.8. The van der Waals surface area contributed by atoms with Crippen molar-refractivity contribution in [3.05, 3.63) is 63.1 Å². The molecule has 1 atom stereocenters.